The molecule has 2 amide bonds. The molecule has 3 fully saturated rings. The molecule has 2 aromatic carbocycles. The molecule has 7 heteroatoms. The summed E-state index contributed by atoms with van der Waals surface area (Å²) in [5, 5.41) is 5.43. The van der Waals surface area contributed by atoms with Gasteiger partial charge in [-0.15, -0.1) is 0 Å². The number of likely N-dealkylation sites (N-methyl/N-ethyl adjacent to an activating group) is 1. The number of amides is 2. The first kappa shape index (κ1) is 22.0. The number of carbonyl (C=O) groups excluding carboxylic acids is 2. The minimum Gasteiger partial charge on any atom is -0.342 e. The van der Waals surface area contributed by atoms with Gasteiger partial charge >= 0.3 is 0 Å². The molecule has 7 nitrogen and oxygen atoms in total. The molecule has 7 rings (SSSR count). The van der Waals surface area contributed by atoms with Gasteiger partial charge in [-0.05, 0) is 61.8 Å². The van der Waals surface area contributed by atoms with E-state index in [1.807, 2.05) is 42.0 Å². The van der Waals surface area contributed by atoms with Crippen molar-refractivity contribution in [2.75, 3.05) is 20.1 Å². The molecule has 3 heterocycles. The monoisotopic (exact) mass is 469 g/mol. The lowest BCUT2D eigenvalue weighted by Gasteiger charge is -2.13. The van der Waals surface area contributed by atoms with E-state index >= 15 is 0 Å². The number of amidine groups is 1. The topological polar surface area (TPSA) is 70.8 Å². The van der Waals surface area contributed by atoms with Crippen LogP contribution in [-0.4, -0.2) is 62.9 Å². The molecule has 2 saturated carbocycles. The quantitative estimate of drug-likeness (QED) is 0.582. The largest absolute Gasteiger partial charge is 0.342 e. The average Bonchev–Trinajstić information content (AvgIpc) is 3.77. The first-order valence-corrected chi connectivity index (χ1v) is 12.6. The summed E-state index contributed by atoms with van der Waals surface area (Å²) in [4.78, 5) is 32.0. The van der Waals surface area contributed by atoms with Gasteiger partial charge in [0.2, 0.25) is 5.91 Å². The third kappa shape index (κ3) is 4.03. The number of aromatic nitrogens is 2. The fourth-order valence-electron chi connectivity index (χ4n) is 5.12. The molecular weight excluding hydrogens is 438 g/mol. The zero-order valence-corrected chi connectivity index (χ0v) is 20.4. The molecule has 3 aromatic rings. The normalized spacial score (nSPS) is 20.3. The molecule has 1 spiro atoms. The van der Waals surface area contributed by atoms with Gasteiger partial charge in [-0.25, -0.2) is 0 Å². The Morgan fingerprint density at radius 1 is 0.943 bits per heavy atom. The number of hydrogen-bond acceptors (Lipinski definition) is 4. The van der Waals surface area contributed by atoms with Crippen molar-refractivity contribution in [1.29, 1.82) is 0 Å². The molecule has 4 aliphatic rings. The average molecular weight is 470 g/mol. The summed E-state index contributed by atoms with van der Waals surface area (Å²) < 4.78 is 1.88. The second-order valence-corrected chi connectivity index (χ2v) is 10.3. The van der Waals surface area contributed by atoms with E-state index in [-0.39, 0.29) is 5.91 Å². The molecule has 2 aliphatic carbocycles. The predicted molar refractivity (Wildman–Crippen MR) is 136 cm³/mol. The van der Waals surface area contributed by atoms with Gasteiger partial charge in [0, 0.05) is 44.1 Å². The first-order valence-electron chi connectivity index (χ1n) is 12.6. The summed E-state index contributed by atoms with van der Waals surface area (Å²) >= 11 is 0. The fourth-order valence-corrected chi connectivity index (χ4v) is 5.12. The smallest absolute Gasteiger partial charge is 0.255 e. The number of nitrogens with zero attached hydrogens (tertiary/aromatic N) is 5. The van der Waals surface area contributed by atoms with Crippen LogP contribution in [0.15, 0.2) is 53.7 Å². The van der Waals surface area contributed by atoms with Gasteiger partial charge < -0.3 is 4.90 Å². The fraction of sp³-hybridized carbons (Fsp3) is 0.429. The highest BCUT2D eigenvalue weighted by atomic mass is 16.2. The van der Waals surface area contributed by atoms with Crippen LogP contribution in [0.4, 0.5) is 0 Å². The Hall–Kier alpha value is -3.48. The molecule has 0 atom stereocenters. The maximum Gasteiger partial charge on any atom is 0.255 e. The minimum atomic E-state index is -0.436. The molecule has 35 heavy (non-hydrogen) atoms. The maximum atomic E-state index is 12.3. The van der Waals surface area contributed by atoms with Crippen LogP contribution >= 0.6 is 0 Å². The highest BCUT2D eigenvalue weighted by Gasteiger charge is 2.56. The molecule has 1 aromatic heterocycles. The number of rotatable bonds is 3. The third-order valence-electron chi connectivity index (χ3n) is 7.63. The number of aryl methyl sites for hydroxylation is 1. The number of benzene rings is 2. The van der Waals surface area contributed by atoms with E-state index in [2.05, 4.69) is 35.4 Å². The van der Waals surface area contributed by atoms with Gasteiger partial charge in [0.05, 0.1) is 11.7 Å². The van der Waals surface area contributed by atoms with Crippen molar-refractivity contribution in [3.05, 3.63) is 54.2 Å². The Labute approximate surface area is 205 Å². The summed E-state index contributed by atoms with van der Waals surface area (Å²) in [7, 11) is 3.77. The van der Waals surface area contributed by atoms with E-state index in [9.17, 15) is 9.59 Å². The Kier molecular flexibility index (Phi) is 5.24. The van der Waals surface area contributed by atoms with E-state index < -0.39 is 5.54 Å². The van der Waals surface area contributed by atoms with Crippen LogP contribution in [0.5, 0.6) is 0 Å². The summed E-state index contributed by atoms with van der Waals surface area (Å²) in [5.41, 5.74) is 3.97. The molecular formula is C28H31N5O2. The SMILES string of the molecule is CN1C(=O)C2(CC2)N=C1c1ccc(-c2ccc3c(cnn3C)c2)cc1.O=C(C1CC1)N1CCCC1. The summed E-state index contributed by atoms with van der Waals surface area (Å²) in [5.74, 6) is 1.78. The van der Waals surface area contributed by atoms with Crippen molar-refractivity contribution >= 4 is 28.6 Å². The summed E-state index contributed by atoms with van der Waals surface area (Å²) in [6, 6.07) is 14.6. The van der Waals surface area contributed by atoms with E-state index in [0.29, 0.717) is 11.8 Å². The molecule has 180 valence electrons. The molecule has 1 saturated heterocycles. The zero-order valence-electron chi connectivity index (χ0n) is 20.4. The van der Waals surface area contributed by atoms with Crippen molar-refractivity contribution in [3.63, 3.8) is 0 Å². The molecule has 2 aliphatic heterocycles. The van der Waals surface area contributed by atoms with Crippen molar-refractivity contribution in [3.8, 4) is 11.1 Å². The van der Waals surface area contributed by atoms with Crippen molar-refractivity contribution in [1.82, 2.24) is 19.6 Å². The van der Waals surface area contributed by atoms with E-state index in [1.54, 1.807) is 4.90 Å². The maximum absolute atomic E-state index is 12.3. The Balaban J connectivity index is 0.000000191. The number of carbonyl (C=O) groups is 2. The zero-order chi connectivity index (χ0) is 24.2. The van der Waals surface area contributed by atoms with Crippen LogP contribution in [0.3, 0.4) is 0 Å². The van der Waals surface area contributed by atoms with E-state index in [1.165, 1.54) is 12.8 Å². The van der Waals surface area contributed by atoms with Crippen LogP contribution in [0.25, 0.3) is 22.0 Å². The number of aliphatic imine (C=N–C) groups is 1. The second kappa shape index (κ2) is 8.33. The van der Waals surface area contributed by atoms with Gasteiger partial charge in [0.15, 0.2) is 0 Å². The Morgan fingerprint density at radius 3 is 2.23 bits per heavy atom. The highest BCUT2D eigenvalue weighted by Crippen LogP contribution is 2.45. The molecule has 0 N–H and O–H groups in total. The Bertz CT molecular complexity index is 1330. The van der Waals surface area contributed by atoms with Gasteiger partial charge in [0.25, 0.3) is 5.91 Å². The van der Waals surface area contributed by atoms with Crippen LogP contribution in [-0.2, 0) is 16.6 Å². The standard InChI is InChI=1S/C20H18N4O.C8H13NO/c1-23-18(22-20(9-10-20)19(23)25)14-5-3-13(4-6-14)15-7-8-17-16(11-15)12-21-24(17)2;10-8(7-3-4-7)9-5-1-2-6-9/h3-8,11-12H,9-10H2,1-2H3;7H,1-6H2. The Morgan fingerprint density at radius 2 is 1.60 bits per heavy atom. The van der Waals surface area contributed by atoms with Crippen LogP contribution in [0, 0.1) is 5.92 Å². The van der Waals surface area contributed by atoms with Gasteiger partial charge in [-0.3, -0.25) is 24.2 Å². The van der Waals surface area contributed by atoms with Gasteiger partial charge in [-0.1, -0.05) is 30.3 Å². The number of hydrogen-bond donors (Lipinski definition) is 0. The van der Waals surface area contributed by atoms with E-state index in [4.69, 9.17) is 4.99 Å². The molecule has 0 bridgehead atoms. The molecule has 0 radical (unpaired) electrons. The van der Waals surface area contributed by atoms with Crippen molar-refractivity contribution in [2.24, 2.45) is 18.0 Å². The number of likely N-dealkylation sites (tertiary alicyclic amines) is 1. The highest BCUT2D eigenvalue weighted by molar-refractivity contribution is 6.16. The van der Waals surface area contributed by atoms with Gasteiger partial charge in [0.1, 0.15) is 11.4 Å². The predicted octanol–water partition coefficient (Wildman–Crippen LogP) is 4.01. The first-order chi connectivity index (χ1) is 16.9. The lowest BCUT2D eigenvalue weighted by molar-refractivity contribution is -0.131. The van der Waals surface area contributed by atoms with Crippen molar-refractivity contribution < 1.29 is 9.59 Å². The second-order valence-electron chi connectivity index (χ2n) is 10.3. The minimum absolute atomic E-state index is 0.133. The summed E-state index contributed by atoms with van der Waals surface area (Å²) in [6.45, 7) is 2.05. The summed E-state index contributed by atoms with van der Waals surface area (Å²) in [6.07, 6.45) is 8.38. The van der Waals surface area contributed by atoms with Crippen LogP contribution in [0.2, 0.25) is 0 Å². The lowest BCUT2D eigenvalue weighted by atomic mass is 10.0. The molecule has 0 unspecified atom stereocenters. The van der Waals surface area contributed by atoms with Crippen LogP contribution < -0.4 is 0 Å². The lowest BCUT2D eigenvalue weighted by Crippen LogP contribution is -2.32. The van der Waals surface area contributed by atoms with Crippen molar-refractivity contribution in [2.45, 2.75) is 44.1 Å². The van der Waals surface area contributed by atoms with Gasteiger partial charge in [-0.2, -0.15) is 5.10 Å². The third-order valence-corrected chi connectivity index (χ3v) is 7.63. The van der Waals surface area contributed by atoms with E-state index in [0.717, 1.165) is 72.2 Å². The van der Waals surface area contributed by atoms with Crippen LogP contribution in [0.1, 0.15) is 44.1 Å². The number of fused-ring (bicyclic) bond motifs is 1.